The predicted octanol–water partition coefficient (Wildman–Crippen LogP) is 3.10. The zero-order valence-electron chi connectivity index (χ0n) is 23.5. The number of nitrogens with zero attached hydrogens (tertiary/aromatic N) is 1. The van der Waals surface area contributed by atoms with Crippen LogP contribution in [0.2, 0.25) is 0 Å². The highest BCUT2D eigenvalue weighted by Crippen LogP contribution is 2.31. The minimum atomic E-state index is -4.61. The number of aromatic nitrogens is 1. The summed E-state index contributed by atoms with van der Waals surface area (Å²) in [6.07, 6.45) is -2.64. The highest BCUT2D eigenvalue weighted by atomic mass is 19.4. The molecule has 3 aromatic carbocycles. The van der Waals surface area contributed by atoms with E-state index in [1.54, 1.807) is 6.20 Å². The first-order valence-electron chi connectivity index (χ1n) is 14.0. The third kappa shape index (κ3) is 7.25. The van der Waals surface area contributed by atoms with Crippen LogP contribution in [-0.4, -0.2) is 58.7 Å². The second-order valence-corrected chi connectivity index (χ2v) is 10.6. The molecule has 0 bridgehead atoms. The van der Waals surface area contributed by atoms with Crippen LogP contribution in [0.1, 0.15) is 22.3 Å². The lowest BCUT2D eigenvalue weighted by Crippen LogP contribution is -2.61. The van der Waals surface area contributed by atoms with Gasteiger partial charge in [-0.25, -0.2) is 0 Å². The fourth-order valence-electron chi connectivity index (χ4n) is 5.29. The zero-order valence-corrected chi connectivity index (χ0v) is 23.5. The van der Waals surface area contributed by atoms with Crippen molar-refractivity contribution in [2.75, 3.05) is 13.1 Å². The van der Waals surface area contributed by atoms with Crippen molar-refractivity contribution in [2.45, 2.75) is 37.6 Å². The maximum absolute atomic E-state index is 13.5. The number of carbonyl (C=O) groups is 4. The molecule has 1 fully saturated rings. The molecule has 2 unspecified atom stereocenters. The number of piperazine rings is 1. The van der Waals surface area contributed by atoms with Crippen LogP contribution in [0.5, 0.6) is 0 Å². The van der Waals surface area contributed by atoms with E-state index in [2.05, 4.69) is 20.9 Å². The molecule has 1 aliphatic rings. The number of amides is 4. The molecule has 4 N–H and O–H groups in total. The molecule has 1 saturated heterocycles. The number of hydrogen-bond donors (Lipinski definition) is 4. The molecule has 9 nitrogen and oxygen atoms in total. The van der Waals surface area contributed by atoms with Gasteiger partial charge >= 0.3 is 6.18 Å². The summed E-state index contributed by atoms with van der Waals surface area (Å²) >= 11 is 0. The van der Waals surface area contributed by atoms with Gasteiger partial charge in [0.2, 0.25) is 23.6 Å². The van der Waals surface area contributed by atoms with Crippen LogP contribution in [0.25, 0.3) is 10.9 Å². The zero-order chi connectivity index (χ0) is 31.3. The molecule has 12 heteroatoms. The van der Waals surface area contributed by atoms with Crippen molar-refractivity contribution in [3.05, 3.63) is 107 Å². The Morgan fingerprint density at radius 1 is 0.932 bits per heavy atom. The van der Waals surface area contributed by atoms with Gasteiger partial charge in [-0.1, -0.05) is 66.7 Å². The van der Waals surface area contributed by atoms with Crippen molar-refractivity contribution in [2.24, 2.45) is 0 Å². The van der Waals surface area contributed by atoms with Crippen LogP contribution in [0.3, 0.4) is 0 Å². The number of carbonyl (C=O) groups excluding carboxylic acids is 4. The van der Waals surface area contributed by atoms with Crippen LogP contribution in [0, 0.1) is 0 Å². The normalized spacial score (nSPS) is 16.0. The van der Waals surface area contributed by atoms with Crippen molar-refractivity contribution >= 4 is 34.5 Å². The molecular weight excluding hydrogens is 575 g/mol. The molecule has 1 aliphatic heterocycles. The number of rotatable bonds is 10. The number of benzene rings is 3. The number of nitrogens with one attached hydrogen (secondary N) is 4. The molecule has 1 aromatic heterocycles. The first-order valence-corrected chi connectivity index (χ1v) is 14.0. The van der Waals surface area contributed by atoms with Crippen molar-refractivity contribution in [1.82, 2.24) is 25.8 Å². The molecular formula is C32H30F3N5O4. The second kappa shape index (κ2) is 13.0. The largest absolute Gasteiger partial charge is 0.416 e. The molecule has 0 aliphatic carbocycles. The van der Waals surface area contributed by atoms with Gasteiger partial charge in [-0.2, -0.15) is 13.2 Å². The highest BCUT2D eigenvalue weighted by Gasteiger charge is 2.35. The molecule has 228 valence electrons. The minimum Gasteiger partial charge on any atom is -0.361 e. The average Bonchev–Trinajstić information content (AvgIpc) is 3.41. The maximum Gasteiger partial charge on any atom is 0.416 e. The van der Waals surface area contributed by atoms with E-state index in [0.717, 1.165) is 27.4 Å². The number of H-pyrrole nitrogens is 1. The number of para-hydroxylation sites is 1. The lowest BCUT2D eigenvalue weighted by molar-refractivity contribution is -0.146. The Hall–Kier alpha value is -5.13. The Morgan fingerprint density at radius 3 is 2.41 bits per heavy atom. The Morgan fingerprint density at radius 2 is 1.64 bits per heavy atom. The van der Waals surface area contributed by atoms with Crippen LogP contribution in [-0.2, 0) is 44.7 Å². The lowest BCUT2D eigenvalue weighted by atomic mass is 10.0. The predicted molar refractivity (Wildman–Crippen MR) is 156 cm³/mol. The van der Waals surface area contributed by atoms with Crippen LogP contribution in [0.15, 0.2) is 85.1 Å². The van der Waals surface area contributed by atoms with Gasteiger partial charge in [0.05, 0.1) is 5.56 Å². The van der Waals surface area contributed by atoms with Gasteiger partial charge in [-0.3, -0.25) is 19.2 Å². The van der Waals surface area contributed by atoms with E-state index in [1.165, 1.54) is 18.2 Å². The number of halogens is 3. The summed E-state index contributed by atoms with van der Waals surface area (Å²) in [5.41, 5.74) is 1.35. The number of alkyl halides is 3. The summed E-state index contributed by atoms with van der Waals surface area (Å²) in [6.45, 7) is -1.22. The topological polar surface area (TPSA) is 123 Å². The van der Waals surface area contributed by atoms with E-state index in [4.69, 9.17) is 0 Å². The van der Waals surface area contributed by atoms with E-state index in [1.807, 2.05) is 54.6 Å². The highest BCUT2D eigenvalue weighted by molar-refractivity contribution is 5.98. The van der Waals surface area contributed by atoms with Gasteiger partial charge in [-0.05, 0) is 28.8 Å². The summed E-state index contributed by atoms with van der Waals surface area (Å²) in [5.74, 6) is -2.26. The number of fused-ring (bicyclic) bond motifs is 1. The third-order valence-corrected chi connectivity index (χ3v) is 7.42. The fourth-order valence-corrected chi connectivity index (χ4v) is 5.29. The van der Waals surface area contributed by atoms with Gasteiger partial charge in [0.15, 0.2) is 0 Å². The monoisotopic (exact) mass is 605 g/mol. The minimum absolute atomic E-state index is 0.0214. The van der Waals surface area contributed by atoms with Gasteiger partial charge in [0, 0.05) is 36.5 Å². The second-order valence-electron chi connectivity index (χ2n) is 10.6. The molecule has 2 atom stereocenters. The van der Waals surface area contributed by atoms with Gasteiger partial charge in [-0.15, -0.1) is 0 Å². The molecule has 44 heavy (non-hydrogen) atoms. The Kier molecular flexibility index (Phi) is 8.98. The van der Waals surface area contributed by atoms with Gasteiger partial charge < -0.3 is 25.8 Å². The molecule has 0 radical (unpaired) electrons. The van der Waals surface area contributed by atoms with Crippen molar-refractivity contribution < 1.29 is 32.3 Å². The Bertz CT molecular complexity index is 1670. The fraction of sp³-hybridized carbons (Fsp3) is 0.250. The van der Waals surface area contributed by atoms with E-state index in [0.29, 0.717) is 5.56 Å². The summed E-state index contributed by atoms with van der Waals surface area (Å²) in [4.78, 5) is 56.4. The van der Waals surface area contributed by atoms with E-state index < -0.39 is 60.5 Å². The molecule has 4 amide bonds. The molecule has 0 saturated carbocycles. The molecule has 4 aromatic rings. The van der Waals surface area contributed by atoms with Crippen LogP contribution < -0.4 is 16.0 Å². The van der Waals surface area contributed by atoms with Crippen LogP contribution >= 0.6 is 0 Å². The molecule has 2 heterocycles. The smallest absolute Gasteiger partial charge is 0.361 e. The molecule has 5 rings (SSSR count). The summed E-state index contributed by atoms with van der Waals surface area (Å²) in [7, 11) is 0. The average molecular weight is 606 g/mol. The summed E-state index contributed by atoms with van der Waals surface area (Å²) in [6, 6.07) is 19.3. The Balaban J connectivity index is 1.31. The number of aromatic amines is 1. The first-order chi connectivity index (χ1) is 21.1. The van der Waals surface area contributed by atoms with Crippen molar-refractivity contribution in [3.8, 4) is 0 Å². The van der Waals surface area contributed by atoms with Gasteiger partial charge in [0.25, 0.3) is 0 Å². The standard InChI is InChI=1S/C32H30F3N5O4/c33-32(34,35)24-12-6-4-10-21(24)16-37-30(43)26(15-22-17-36-25-13-7-5-11-23(22)25)38-28(41)18-40-19-29(42)39-27(31(40)44)14-20-8-2-1-3-9-20/h1-13,17,26-27,36H,14-16,18-19H2,(H,37,43)(H,38,41)(H,39,42). The van der Waals surface area contributed by atoms with E-state index >= 15 is 0 Å². The first kappa shape index (κ1) is 30.3. The summed E-state index contributed by atoms with van der Waals surface area (Å²) in [5, 5.41) is 8.63. The Labute approximate surface area is 250 Å². The van der Waals surface area contributed by atoms with E-state index in [-0.39, 0.29) is 24.9 Å². The lowest BCUT2D eigenvalue weighted by Gasteiger charge is -2.32. The van der Waals surface area contributed by atoms with E-state index in [9.17, 15) is 32.3 Å². The molecule has 0 spiro atoms. The van der Waals surface area contributed by atoms with Gasteiger partial charge in [0.1, 0.15) is 25.2 Å². The number of hydrogen-bond acceptors (Lipinski definition) is 4. The quantitative estimate of drug-likeness (QED) is 0.222. The maximum atomic E-state index is 13.5. The van der Waals surface area contributed by atoms with Crippen molar-refractivity contribution in [1.29, 1.82) is 0 Å². The SMILES string of the molecule is O=C(CN1CC(=O)NC(Cc2ccccc2)C1=O)NC(Cc1c[nH]c2ccccc12)C(=O)NCc1ccccc1C(F)(F)F. The third-order valence-electron chi connectivity index (χ3n) is 7.42. The van der Waals surface area contributed by atoms with Crippen molar-refractivity contribution in [3.63, 3.8) is 0 Å². The van der Waals surface area contributed by atoms with Crippen LogP contribution in [0.4, 0.5) is 13.2 Å². The summed E-state index contributed by atoms with van der Waals surface area (Å²) < 4.78 is 40.5.